The number of primary amides is 1. The first-order valence-corrected chi connectivity index (χ1v) is 8.59. The third-order valence-electron chi connectivity index (χ3n) is 5.61. The molecule has 0 bridgehead atoms. The van der Waals surface area contributed by atoms with Gasteiger partial charge in [-0.25, -0.2) is 0 Å². The van der Waals surface area contributed by atoms with Crippen molar-refractivity contribution in [3.8, 4) is 0 Å². The molecule has 0 aromatic carbocycles. The fourth-order valence-electron chi connectivity index (χ4n) is 3.93. The Balaban J connectivity index is 1.50. The summed E-state index contributed by atoms with van der Waals surface area (Å²) < 4.78 is 0. The summed E-state index contributed by atoms with van der Waals surface area (Å²) in [4.78, 5) is 16.9. The number of hydrogen-bond donors (Lipinski definition) is 2. The molecular formula is C16H30N4O. The summed E-state index contributed by atoms with van der Waals surface area (Å²) in [6.07, 6.45) is 7.97. The zero-order valence-electron chi connectivity index (χ0n) is 13.3. The predicted molar refractivity (Wildman–Crippen MR) is 84.0 cm³/mol. The number of likely N-dealkylation sites (tertiary alicyclic amines) is 1. The number of carbonyl (C=O) groups excluding carboxylic acids is 1. The molecule has 0 aromatic rings. The highest BCUT2D eigenvalue weighted by Crippen LogP contribution is 2.35. The Morgan fingerprint density at radius 1 is 1.33 bits per heavy atom. The second-order valence-electron chi connectivity index (χ2n) is 7.29. The van der Waals surface area contributed by atoms with E-state index in [2.05, 4.69) is 22.2 Å². The van der Waals surface area contributed by atoms with E-state index in [0.29, 0.717) is 12.1 Å². The van der Waals surface area contributed by atoms with Crippen LogP contribution in [0.4, 0.5) is 0 Å². The average Bonchev–Trinajstić information content (AvgIpc) is 2.94. The highest BCUT2D eigenvalue weighted by molar-refractivity contribution is 5.85. The smallest absolute Gasteiger partial charge is 0.237 e. The van der Waals surface area contributed by atoms with Gasteiger partial charge < -0.3 is 20.9 Å². The topological polar surface area (TPSA) is 61.6 Å². The lowest BCUT2D eigenvalue weighted by molar-refractivity contribution is -0.124. The van der Waals surface area contributed by atoms with Gasteiger partial charge in [0.2, 0.25) is 5.91 Å². The Morgan fingerprint density at radius 2 is 2.05 bits per heavy atom. The molecule has 5 nitrogen and oxygen atoms in total. The highest BCUT2D eigenvalue weighted by atomic mass is 16.1. The van der Waals surface area contributed by atoms with Crippen molar-refractivity contribution in [2.75, 3.05) is 33.2 Å². The van der Waals surface area contributed by atoms with Crippen LogP contribution in [0.15, 0.2) is 0 Å². The number of nitrogens with one attached hydrogen (secondary N) is 1. The molecule has 0 spiro atoms. The summed E-state index contributed by atoms with van der Waals surface area (Å²) in [6, 6.07) is 1.03. The first kappa shape index (κ1) is 15.3. The summed E-state index contributed by atoms with van der Waals surface area (Å²) in [5.41, 5.74) is 5.28. The van der Waals surface area contributed by atoms with Gasteiger partial charge in [0.05, 0.1) is 5.54 Å². The van der Waals surface area contributed by atoms with Gasteiger partial charge in [0.1, 0.15) is 0 Å². The fourth-order valence-corrected chi connectivity index (χ4v) is 3.93. The first-order valence-electron chi connectivity index (χ1n) is 8.59. The molecule has 3 N–H and O–H groups in total. The molecular weight excluding hydrogens is 264 g/mol. The molecule has 3 fully saturated rings. The molecule has 1 amide bonds. The number of hydrogen-bond acceptors (Lipinski definition) is 4. The van der Waals surface area contributed by atoms with E-state index < -0.39 is 5.54 Å². The summed E-state index contributed by atoms with van der Waals surface area (Å²) in [5.74, 6) is -0.148. The van der Waals surface area contributed by atoms with Gasteiger partial charge in [-0.15, -0.1) is 0 Å². The van der Waals surface area contributed by atoms with E-state index in [4.69, 9.17) is 5.73 Å². The lowest BCUT2D eigenvalue weighted by Gasteiger charge is -2.30. The van der Waals surface area contributed by atoms with Crippen LogP contribution >= 0.6 is 0 Å². The lowest BCUT2D eigenvalue weighted by atomic mass is 9.96. The Morgan fingerprint density at radius 3 is 2.67 bits per heavy atom. The van der Waals surface area contributed by atoms with E-state index in [1.807, 2.05) is 0 Å². The van der Waals surface area contributed by atoms with Gasteiger partial charge in [-0.2, -0.15) is 0 Å². The molecule has 2 atom stereocenters. The Kier molecular flexibility index (Phi) is 4.52. The Hall–Kier alpha value is -0.650. The van der Waals surface area contributed by atoms with E-state index in [1.165, 1.54) is 38.8 Å². The van der Waals surface area contributed by atoms with Gasteiger partial charge >= 0.3 is 0 Å². The third-order valence-corrected chi connectivity index (χ3v) is 5.61. The maximum atomic E-state index is 12.0. The second-order valence-corrected chi connectivity index (χ2v) is 7.29. The standard InChI is InChI=1S/C16H30N4O/c1-19(10-11-20-8-2-3-9-20)14-6-7-16(12-14,15(17)21)18-13-4-5-13/h13-14,18H,2-12H2,1H3,(H2,17,21). The van der Waals surface area contributed by atoms with Gasteiger partial charge in [0, 0.05) is 25.2 Å². The van der Waals surface area contributed by atoms with Crippen molar-refractivity contribution in [1.29, 1.82) is 0 Å². The Bertz CT molecular complexity index is 378. The van der Waals surface area contributed by atoms with Crippen LogP contribution in [-0.4, -0.2) is 66.6 Å². The summed E-state index contributed by atoms with van der Waals surface area (Å²) >= 11 is 0. The van der Waals surface area contributed by atoms with Gasteiger partial charge in [-0.1, -0.05) is 0 Å². The van der Waals surface area contributed by atoms with E-state index >= 15 is 0 Å². The molecule has 1 heterocycles. The quantitative estimate of drug-likeness (QED) is 0.719. The molecule has 3 aliphatic rings. The zero-order chi connectivity index (χ0) is 14.9. The maximum absolute atomic E-state index is 12.0. The summed E-state index contributed by atoms with van der Waals surface area (Å²) in [6.45, 7) is 4.77. The summed E-state index contributed by atoms with van der Waals surface area (Å²) in [5, 5.41) is 3.54. The van der Waals surface area contributed by atoms with E-state index in [9.17, 15) is 4.79 Å². The van der Waals surface area contributed by atoms with Gasteiger partial charge in [-0.05, 0) is 65.1 Å². The lowest BCUT2D eigenvalue weighted by Crippen LogP contribution is -2.55. The van der Waals surface area contributed by atoms with Crippen LogP contribution in [-0.2, 0) is 4.79 Å². The molecule has 21 heavy (non-hydrogen) atoms. The number of carbonyl (C=O) groups is 1. The second kappa shape index (κ2) is 6.23. The molecule has 2 aliphatic carbocycles. The SMILES string of the molecule is CN(CCN1CCCC1)C1CCC(NC2CC2)(C(N)=O)C1. The number of likely N-dealkylation sites (N-methyl/N-ethyl adjacent to an activating group) is 1. The molecule has 2 saturated carbocycles. The van der Waals surface area contributed by atoms with E-state index in [-0.39, 0.29) is 5.91 Å². The molecule has 0 radical (unpaired) electrons. The molecule has 2 unspecified atom stereocenters. The van der Waals surface area contributed by atoms with Gasteiger partial charge in [-0.3, -0.25) is 4.79 Å². The van der Waals surface area contributed by atoms with Crippen LogP contribution in [0.5, 0.6) is 0 Å². The van der Waals surface area contributed by atoms with Crippen molar-refractivity contribution < 1.29 is 4.79 Å². The van der Waals surface area contributed by atoms with Crippen molar-refractivity contribution in [3.05, 3.63) is 0 Å². The third kappa shape index (κ3) is 3.58. The van der Waals surface area contributed by atoms with Crippen LogP contribution in [0.3, 0.4) is 0 Å². The van der Waals surface area contributed by atoms with E-state index in [0.717, 1.165) is 32.4 Å². The van der Waals surface area contributed by atoms with Crippen LogP contribution in [0.1, 0.15) is 44.9 Å². The molecule has 1 saturated heterocycles. The normalized spacial score (nSPS) is 33.9. The van der Waals surface area contributed by atoms with Gasteiger partial charge in [0.25, 0.3) is 0 Å². The predicted octanol–water partition coefficient (Wildman–Crippen LogP) is 0.543. The minimum absolute atomic E-state index is 0.148. The van der Waals surface area contributed by atoms with Crippen molar-refractivity contribution in [1.82, 2.24) is 15.1 Å². The van der Waals surface area contributed by atoms with Crippen LogP contribution in [0.2, 0.25) is 0 Å². The number of nitrogens with two attached hydrogens (primary N) is 1. The Labute approximate surface area is 128 Å². The monoisotopic (exact) mass is 294 g/mol. The highest BCUT2D eigenvalue weighted by Gasteiger charge is 2.47. The fraction of sp³-hybridized carbons (Fsp3) is 0.938. The van der Waals surface area contributed by atoms with Crippen LogP contribution < -0.4 is 11.1 Å². The number of rotatable bonds is 7. The molecule has 3 rings (SSSR count). The largest absolute Gasteiger partial charge is 0.368 e. The minimum Gasteiger partial charge on any atom is -0.368 e. The van der Waals surface area contributed by atoms with Crippen LogP contribution in [0, 0.1) is 0 Å². The molecule has 5 heteroatoms. The zero-order valence-corrected chi connectivity index (χ0v) is 13.3. The molecule has 1 aliphatic heterocycles. The molecule has 0 aromatic heterocycles. The number of amides is 1. The maximum Gasteiger partial charge on any atom is 0.237 e. The number of nitrogens with zero attached hydrogens (tertiary/aromatic N) is 2. The first-order chi connectivity index (χ1) is 10.1. The van der Waals surface area contributed by atoms with Crippen molar-refractivity contribution in [2.24, 2.45) is 5.73 Å². The van der Waals surface area contributed by atoms with Gasteiger partial charge in [0.15, 0.2) is 0 Å². The van der Waals surface area contributed by atoms with Crippen molar-refractivity contribution >= 4 is 5.91 Å². The van der Waals surface area contributed by atoms with E-state index in [1.54, 1.807) is 0 Å². The minimum atomic E-state index is -0.437. The van der Waals surface area contributed by atoms with Crippen LogP contribution in [0.25, 0.3) is 0 Å². The summed E-state index contributed by atoms with van der Waals surface area (Å²) in [7, 11) is 2.20. The molecule has 120 valence electrons. The van der Waals surface area contributed by atoms with Crippen molar-refractivity contribution in [3.63, 3.8) is 0 Å². The van der Waals surface area contributed by atoms with Crippen molar-refractivity contribution in [2.45, 2.75) is 62.6 Å². The average molecular weight is 294 g/mol.